The van der Waals surface area contributed by atoms with Crippen LogP contribution >= 0.6 is 0 Å². The minimum absolute atomic E-state index is 0.0255. The van der Waals surface area contributed by atoms with Crippen LogP contribution in [-0.2, 0) is 15.3 Å². The number of nitrogens with zero attached hydrogens (tertiary/aromatic N) is 3. The molecule has 0 bridgehead atoms. The van der Waals surface area contributed by atoms with Crippen LogP contribution in [-0.4, -0.2) is 28.3 Å². The van der Waals surface area contributed by atoms with Gasteiger partial charge < -0.3 is 9.47 Å². The molecule has 1 aliphatic rings. The molecule has 1 amide bonds. The molecule has 8 heteroatoms. The van der Waals surface area contributed by atoms with Crippen molar-refractivity contribution in [3.05, 3.63) is 69.8 Å². The number of carbonyl (C=O) groups is 1. The first-order valence-corrected chi connectivity index (χ1v) is 8.31. The number of nitro groups is 1. The minimum atomic E-state index is -1.29. The van der Waals surface area contributed by atoms with Crippen LogP contribution in [0.5, 0.6) is 5.75 Å². The number of carbonyl (C=O) groups excluding carboxylic acids is 1. The van der Waals surface area contributed by atoms with Crippen molar-refractivity contribution in [2.24, 2.45) is 5.10 Å². The standard InChI is InChI=1S/C19H19N3O5/c1-13-6-4-9-17(10-13)26-12-18-20-21(14(2)23)19(3,27-18)15-7-5-8-16(11-15)22(24)25/h4-11H,12H2,1-3H3/t19-/m1/s1. The number of rotatable bonds is 5. The summed E-state index contributed by atoms with van der Waals surface area (Å²) in [7, 11) is 0. The van der Waals surface area contributed by atoms with Crippen LogP contribution in [0.4, 0.5) is 5.69 Å². The summed E-state index contributed by atoms with van der Waals surface area (Å²) in [5.74, 6) is 0.509. The molecule has 0 saturated carbocycles. The maximum absolute atomic E-state index is 12.1. The Morgan fingerprint density at radius 2 is 2.04 bits per heavy atom. The molecule has 0 aromatic heterocycles. The Balaban J connectivity index is 1.84. The number of ether oxygens (including phenoxy) is 2. The van der Waals surface area contributed by atoms with Crippen molar-refractivity contribution in [2.75, 3.05) is 6.61 Å². The van der Waals surface area contributed by atoms with Gasteiger partial charge in [0.05, 0.1) is 4.92 Å². The van der Waals surface area contributed by atoms with E-state index in [2.05, 4.69) is 5.10 Å². The molecule has 0 saturated heterocycles. The Morgan fingerprint density at radius 1 is 1.30 bits per heavy atom. The van der Waals surface area contributed by atoms with Crippen molar-refractivity contribution < 1.29 is 19.2 Å². The highest BCUT2D eigenvalue weighted by atomic mass is 16.6. The van der Waals surface area contributed by atoms with Gasteiger partial charge in [-0.2, -0.15) is 5.01 Å². The average Bonchev–Trinajstić information content (AvgIpc) is 2.98. The van der Waals surface area contributed by atoms with Gasteiger partial charge in [0, 0.05) is 31.5 Å². The molecule has 1 heterocycles. The monoisotopic (exact) mass is 369 g/mol. The molecule has 2 aromatic carbocycles. The van der Waals surface area contributed by atoms with Crippen LogP contribution in [0, 0.1) is 17.0 Å². The predicted molar refractivity (Wildman–Crippen MR) is 98.2 cm³/mol. The quantitative estimate of drug-likeness (QED) is 0.595. The first kappa shape index (κ1) is 18.4. The van der Waals surface area contributed by atoms with Crippen LogP contribution in [0.2, 0.25) is 0 Å². The fourth-order valence-electron chi connectivity index (χ4n) is 2.87. The van der Waals surface area contributed by atoms with Gasteiger partial charge in [-0.25, -0.2) is 0 Å². The lowest BCUT2D eigenvalue weighted by Crippen LogP contribution is -2.41. The molecule has 0 fully saturated rings. The van der Waals surface area contributed by atoms with Crippen molar-refractivity contribution in [2.45, 2.75) is 26.5 Å². The van der Waals surface area contributed by atoms with Crippen molar-refractivity contribution in [3.8, 4) is 5.75 Å². The van der Waals surface area contributed by atoms with E-state index in [-0.39, 0.29) is 24.1 Å². The lowest BCUT2D eigenvalue weighted by Gasteiger charge is -2.30. The van der Waals surface area contributed by atoms with Crippen molar-refractivity contribution >= 4 is 17.5 Å². The van der Waals surface area contributed by atoms with Gasteiger partial charge in [0.15, 0.2) is 6.61 Å². The molecular weight excluding hydrogens is 350 g/mol. The van der Waals surface area contributed by atoms with E-state index in [4.69, 9.17) is 9.47 Å². The molecule has 0 aliphatic carbocycles. The lowest BCUT2D eigenvalue weighted by molar-refractivity contribution is -0.385. The molecule has 2 aromatic rings. The van der Waals surface area contributed by atoms with E-state index >= 15 is 0 Å². The Hall–Kier alpha value is -3.42. The molecular formula is C19H19N3O5. The molecule has 140 valence electrons. The maximum atomic E-state index is 12.1. The minimum Gasteiger partial charge on any atom is -0.484 e. The van der Waals surface area contributed by atoms with Crippen LogP contribution in [0.3, 0.4) is 0 Å². The van der Waals surface area contributed by atoms with Gasteiger partial charge in [0.1, 0.15) is 5.75 Å². The first-order chi connectivity index (χ1) is 12.8. The predicted octanol–water partition coefficient (Wildman–Crippen LogP) is 3.35. The lowest BCUT2D eigenvalue weighted by atomic mass is 10.0. The van der Waals surface area contributed by atoms with Crippen LogP contribution in [0.15, 0.2) is 53.6 Å². The maximum Gasteiger partial charge on any atom is 0.269 e. The molecule has 1 atom stereocenters. The van der Waals surface area contributed by atoms with Gasteiger partial charge in [-0.15, -0.1) is 5.10 Å². The van der Waals surface area contributed by atoms with Crippen LogP contribution in [0.25, 0.3) is 0 Å². The second-order valence-corrected chi connectivity index (χ2v) is 6.32. The largest absolute Gasteiger partial charge is 0.484 e. The zero-order valence-corrected chi connectivity index (χ0v) is 15.2. The second kappa shape index (κ2) is 7.06. The van der Waals surface area contributed by atoms with Gasteiger partial charge in [0.2, 0.25) is 17.5 Å². The summed E-state index contributed by atoms with van der Waals surface area (Å²) in [6.45, 7) is 4.97. The summed E-state index contributed by atoms with van der Waals surface area (Å²) < 4.78 is 11.6. The highest BCUT2D eigenvalue weighted by Crippen LogP contribution is 2.36. The van der Waals surface area contributed by atoms with E-state index < -0.39 is 10.6 Å². The number of hydrazone groups is 1. The summed E-state index contributed by atoms with van der Waals surface area (Å²) in [6.07, 6.45) is 0. The molecule has 0 unspecified atom stereocenters. The molecule has 0 spiro atoms. The Kier molecular flexibility index (Phi) is 4.81. The topological polar surface area (TPSA) is 94.3 Å². The van der Waals surface area contributed by atoms with E-state index in [1.807, 2.05) is 31.2 Å². The summed E-state index contributed by atoms with van der Waals surface area (Å²) in [4.78, 5) is 22.7. The summed E-state index contributed by atoms with van der Waals surface area (Å²) >= 11 is 0. The number of amides is 1. The van der Waals surface area contributed by atoms with E-state index in [0.717, 1.165) is 5.56 Å². The Bertz CT molecular complexity index is 927. The third-order valence-corrected chi connectivity index (χ3v) is 4.17. The fraction of sp³-hybridized carbons (Fsp3) is 0.263. The van der Waals surface area contributed by atoms with Crippen molar-refractivity contribution in [1.82, 2.24) is 5.01 Å². The third kappa shape index (κ3) is 3.74. The normalized spacial score (nSPS) is 18.6. The van der Waals surface area contributed by atoms with E-state index in [0.29, 0.717) is 11.3 Å². The SMILES string of the molecule is CC(=O)N1N=C(COc2cccc(C)c2)O[C@]1(C)c1cccc([N+](=O)[O-])c1. The highest BCUT2D eigenvalue weighted by Gasteiger charge is 2.45. The second-order valence-electron chi connectivity index (χ2n) is 6.32. The third-order valence-electron chi connectivity index (χ3n) is 4.17. The van der Waals surface area contributed by atoms with Crippen LogP contribution < -0.4 is 4.74 Å². The number of hydrogen-bond donors (Lipinski definition) is 0. The van der Waals surface area contributed by atoms with Gasteiger partial charge in [-0.1, -0.05) is 24.3 Å². The Labute approximate surface area is 156 Å². The van der Waals surface area contributed by atoms with Gasteiger partial charge in [0.25, 0.3) is 5.69 Å². The first-order valence-electron chi connectivity index (χ1n) is 8.31. The number of nitro benzene ring substituents is 1. The molecule has 27 heavy (non-hydrogen) atoms. The summed E-state index contributed by atoms with van der Waals surface area (Å²) in [6, 6.07) is 13.5. The Morgan fingerprint density at radius 3 is 2.70 bits per heavy atom. The van der Waals surface area contributed by atoms with Gasteiger partial charge in [-0.05, 0) is 24.6 Å². The number of hydrogen-bond acceptors (Lipinski definition) is 6. The zero-order chi connectivity index (χ0) is 19.6. The average molecular weight is 369 g/mol. The molecule has 3 rings (SSSR count). The molecule has 0 N–H and O–H groups in total. The van der Waals surface area contributed by atoms with E-state index in [1.165, 1.54) is 24.1 Å². The zero-order valence-electron chi connectivity index (χ0n) is 15.2. The molecule has 1 aliphatic heterocycles. The van der Waals surface area contributed by atoms with E-state index in [1.54, 1.807) is 19.1 Å². The fourth-order valence-corrected chi connectivity index (χ4v) is 2.87. The smallest absolute Gasteiger partial charge is 0.269 e. The summed E-state index contributed by atoms with van der Waals surface area (Å²) in [5, 5.41) is 16.5. The summed E-state index contributed by atoms with van der Waals surface area (Å²) in [5.41, 5.74) is 0.114. The van der Waals surface area contributed by atoms with E-state index in [9.17, 15) is 14.9 Å². The molecule has 0 radical (unpaired) electrons. The number of aryl methyl sites for hydroxylation is 1. The number of benzene rings is 2. The van der Waals surface area contributed by atoms with Crippen LogP contribution in [0.1, 0.15) is 25.0 Å². The highest BCUT2D eigenvalue weighted by molar-refractivity contribution is 5.84. The van der Waals surface area contributed by atoms with Crippen molar-refractivity contribution in [1.29, 1.82) is 0 Å². The number of non-ortho nitro benzene ring substituents is 1. The van der Waals surface area contributed by atoms with Gasteiger partial charge in [-0.3, -0.25) is 14.9 Å². The van der Waals surface area contributed by atoms with Gasteiger partial charge >= 0.3 is 0 Å². The van der Waals surface area contributed by atoms with Crippen molar-refractivity contribution in [3.63, 3.8) is 0 Å². The molecule has 8 nitrogen and oxygen atoms in total.